The summed E-state index contributed by atoms with van der Waals surface area (Å²) in [6.07, 6.45) is 7.65. The fraction of sp³-hybridized carbons (Fsp3) is 1.00. The molecule has 0 aromatic rings. The Labute approximate surface area is 94.6 Å². The molecular formula is C13H27NO. The van der Waals surface area contributed by atoms with Gasteiger partial charge in [-0.3, -0.25) is 0 Å². The van der Waals surface area contributed by atoms with Crippen LogP contribution in [0.1, 0.15) is 59.3 Å². The van der Waals surface area contributed by atoms with Gasteiger partial charge < -0.3 is 10.5 Å². The molecule has 0 spiro atoms. The van der Waals surface area contributed by atoms with Crippen molar-refractivity contribution in [1.82, 2.24) is 0 Å². The Morgan fingerprint density at radius 2 is 2.07 bits per heavy atom. The maximum absolute atomic E-state index is 6.25. The van der Waals surface area contributed by atoms with Crippen molar-refractivity contribution >= 4 is 0 Å². The fourth-order valence-corrected chi connectivity index (χ4v) is 2.38. The molecule has 0 aromatic carbocycles. The third-order valence-corrected chi connectivity index (χ3v) is 3.69. The molecule has 90 valence electrons. The largest absolute Gasteiger partial charge is 0.377 e. The molecular weight excluding hydrogens is 186 g/mol. The minimum atomic E-state index is 0.216. The van der Waals surface area contributed by atoms with E-state index in [9.17, 15) is 0 Å². The van der Waals surface area contributed by atoms with Gasteiger partial charge in [-0.1, -0.05) is 40.0 Å². The second kappa shape index (κ2) is 5.86. The number of ether oxygens (including phenoxy) is 1. The molecule has 0 bridgehead atoms. The highest BCUT2D eigenvalue weighted by molar-refractivity contribution is 4.91. The lowest BCUT2D eigenvalue weighted by Crippen LogP contribution is -2.50. The van der Waals surface area contributed by atoms with Crippen LogP contribution in [0, 0.1) is 5.41 Å². The molecule has 0 radical (unpaired) electrons. The Balaban J connectivity index is 2.28. The first-order chi connectivity index (χ1) is 7.08. The second-order valence-electron chi connectivity index (χ2n) is 5.52. The van der Waals surface area contributed by atoms with E-state index in [0.29, 0.717) is 6.10 Å². The summed E-state index contributed by atoms with van der Waals surface area (Å²) in [6, 6.07) is 0.216. The minimum Gasteiger partial charge on any atom is -0.377 e. The molecule has 15 heavy (non-hydrogen) atoms. The van der Waals surface area contributed by atoms with Crippen molar-refractivity contribution < 1.29 is 4.74 Å². The van der Waals surface area contributed by atoms with E-state index in [1.54, 1.807) is 0 Å². The van der Waals surface area contributed by atoms with Crippen LogP contribution in [0.25, 0.3) is 0 Å². The van der Waals surface area contributed by atoms with Crippen LogP contribution in [-0.2, 0) is 4.74 Å². The molecule has 2 N–H and O–H groups in total. The number of unbranched alkanes of at least 4 members (excludes halogenated alkanes) is 2. The third kappa shape index (κ3) is 3.76. The van der Waals surface area contributed by atoms with Gasteiger partial charge in [0.15, 0.2) is 0 Å². The van der Waals surface area contributed by atoms with Crippen molar-refractivity contribution in [3.05, 3.63) is 0 Å². The zero-order valence-corrected chi connectivity index (χ0v) is 10.6. The van der Waals surface area contributed by atoms with E-state index in [1.807, 2.05) is 0 Å². The first-order valence-electron chi connectivity index (χ1n) is 6.45. The monoisotopic (exact) mass is 213 g/mol. The SMILES string of the molecule is CCCCCOC1CCCC(C)(C)C1N. The first kappa shape index (κ1) is 13.0. The number of hydrogen-bond acceptors (Lipinski definition) is 2. The summed E-state index contributed by atoms with van der Waals surface area (Å²) in [5.41, 5.74) is 6.50. The molecule has 1 aliphatic rings. The summed E-state index contributed by atoms with van der Waals surface area (Å²) in [7, 11) is 0. The van der Waals surface area contributed by atoms with Crippen LogP contribution < -0.4 is 5.73 Å². The van der Waals surface area contributed by atoms with Gasteiger partial charge in [0.1, 0.15) is 0 Å². The van der Waals surface area contributed by atoms with Crippen molar-refractivity contribution in [3.8, 4) is 0 Å². The highest BCUT2D eigenvalue weighted by Crippen LogP contribution is 2.35. The lowest BCUT2D eigenvalue weighted by molar-refractivity contribution is -0.0254. The molecule has 0 saturated heterocycles. The first-order valence-corrected chi connectivity index (χ1v) is 6.45. The van der Waals surface area contributed by atoms with E-state index in [0.717, 1.165) is 13.0 Å². The van der Waals surface area contributed by atoms with Gasteiger partial charge in [-0.15, -0.1) is 0 Å². The molecule has 2 heteroatoms. The smallest absolute Gasteiger partial charge is 0.0731 e. The van der Waals surface area contributed by atoms with Gasteiger partial charge in [-0.05, 0) is 24.7 Å². The molecule has 1 fully saturated rings. The number of hydrogen-bond donors (Lipinski definition) is 1. The van der Waals surface area contributed by atoms with Gasteiger partial charge in [-0.2, -0.15) is 0 Å². The lowest BCUT2D eigenvalue weighted by Gasteiger charge is -2.41. The van der Waals surface area contributed by atoms with Crippen molar-refractivity contribution in [2.24, 2.45) is 11.1 Å². The maximum Gasteiger partial charge on any atom is 0.0731 e. The van der Waals surface area contributed by atoms with Crippen LogP contribution in [-0.4, -0.2) is 18.8 Å². The topological polar surface area (TPSA) is 35.2 Å². The molecule has 0 aliphatic heterocycles. The van der Waals surface area contributed by atoms with Crippen LogP contribution >= 0.6 is 0 Å². The molecule has 0 aromatic heterocycles. The van der Waals surface area contributed by atoms with Crippen molar-refractivity contribution in [2.45, 2.75) is 71.4 Å². The van der Waals surface area contributed by atoms with E-state index < -0.39 is 0 Å². The Hall–Kier alpha value is -0.0800. The van der Waals surface area contributed by atoms with E-state index in [2.05, 4.69) is 20.8 Å². The van der Waals surface area contributed by atoms with E-state index >= 15 is 0 Å². The molecule has 1 aliphatic carbocycles. The molecule has 0 amide bonds. The highest BCUT2D eigenvalue weighted by atomic mass is 16.5. The summed E-state index contributed by atoms with van der Waals surface area (Å²) < 4.78 is 5.91. The van der Waals surface area contributed by atoms with Crippen molar-refractivity contribution in [2.75, 3.05) is 6.61 Å². The zero-order valence-electron chi connectivity index (χ0n) is 10.6. The number of nitrogens with two attached hydrogens (primary N) is 1. The Kier molecular flexibility index (Phi) is 5.07. The number of rotatable bonds is 5. The lowest BCUT2D eigenvalue weighted by atomic mass is 9.72. The van der Waals surface area contributed by atoms with Crippen LogP contribution in [0.4, 0.5) is 0 Å². The zero-order chi connectivity index (χ0) is 11.3. The van der Waals surface area contributed by atoms with Crippen LogP contribution in [0.3, 0.4) is 0 Å². The Morgan fingerprint density at radius 3 is 2.73 bits per heavy atom. The van der Waals surface area contributed by atoms with Crippen LogP contribution in [0.2, 0.25) is 0 Å². The standard InChI is InChI=1S/C13H27NO/c1-4-5-6-10-15-11-8-7-9-13(2,3)12(11)14/h11-12H,4-10,14H2,1-3H3. The van der Waals surface area contributed by atoms with Gasteiger partial charge >= 0.3 is 0 Å². The average Bonchev–Trinajstić information content (AvgIpc) is 2.19. The summed E-state index contributed by atoms with van der Waals surface area (Å²) in [4.78, 5) is 0. The predicted molar refractivity (Wildman–Crippen MR) is 64.9 cm³/mol. The predicted octanol–water partition coefficient (Wildman–Crippen LogP) is 3.10. The second-order valence-corrected chi connectivity index (χ2v) is 5.52. The molecule has 1 saturated carbocycles. The van der Waals surface area contributed by atoms with E-state index in [1.165, 1.54) is 32.1 Å². The van der Waals surface area contributed by atoms with Gasteiger partial charge in [-0.25, -0.2) is 0 Å². The summed E-state index contributed by atoms with van der Waals surface area (Å²) in [6.45, 7) is 7.64. The minimum absolute atomic E-state index is 0.216. The molecule has 1 rings (SSSR count). The Bertz CT molecular complexity index is 179. The molecule has 2 atom stereocenters. The van der Waals surface area contributed by atoms with Gasteiger partial charge in [0.2, 0.25) is 0 Å². The van der Waals surface area contributed by atoms with Crippen LogP contribution in [0.5, 0.6) is 0 Å². The van der Waals surface area contributed by atoms with Gasteiger partial charge in [0, 0.05) is 12.6 Å². The molecule has 2 nitrogen and oxygen atoms in total. The third-order valence-electron chi connectivity index (χ3n) is 3.69. The van der Waals surface area contributed by atoms with E-state index in [4.69, 9.17) is 10.5 Å². The van der Waals surface area contributed by atoms with Gasteiger partial charge in [0.25, 0.3) is 0 Å². The van der Waals surface area contributed by atoms with Crippen molar-refractivity contribution in [1.29, 1.82) is 0 Å². The van der Waals surface area contributed by atoms with Crippen molar-refractivity contribution in [3.63, 3.8) is 0 Å². The van der Waals surface area contributed by atoms with Crippen LogP contribution in [0.15, 0.2) is 0 Å². The summed E-state index contributed by atoms with van der Waals surface area (Å²) in [5, 5.41) is 0. The van der Waals surface area contributed by atoms with Gasteiger partial charge in [0.05, 0.1) is 6.10 Å². The maximum atomic E-state index is 6.25. The molecule has 2 unspecified atom stereocenters. The quantitative estimate of drug-likeness (QED) is 0.712. The summed E-state index contributed by atoms with van der Waals surface area (Å²) >= 11 is 0. The van der Waals surface area contributed by atoms with E-state index in [-0.39, 0.29) is 11.5 Å². The molecule has 0 heterocycles. The summed E-state index contributed by atoms with van der Waals surface area (Å²) in [5.74, 6) is 0. The fourth-order valence-electron chi connectivity index (χ4n) is 2.38. The normalized spacial score (nSPS) is 30.4. The average molecular weight is 213 g/mol. The Morgan fingerprint density at radius 1 is 1.33 bits per heavy atom. The highest BCUT2D eigenvalue weighted by Gasteiger charge is 2.36.